The molecule has 0 spiro atoms. The quantitative estimate of drug-likeness (QED) is 0.0572. The largest absolute Gasteiger partial charge is 0.421 e. The van der Waals surface area contributed by atoms with Crippen LogP contribution in [0.3, 0.4) is 0 Å². The van der Waals surface area contributed by atoms with Gasteiger partial charge in [-0.3, -0.25) is 0 Å². The summed E-state index contributed by atoms with van der Waals surface area (Å²) in [5.41, 5.74) is 8.80. The van der Waals surface area contributed by atoms with Crippen molar-refractivity contribution >= 4 is 92.5 Å². The van der Waals surface area contributed by atoms with Crippen LogP contribution in [0, 0.1) is 5.92 Å². The van der Waals surface area contributed by atoms with Gasteiger partial charge in [0.25, 0.3) is 0 Å². The number of aromatic nitrogens is 7. The van der Waals surface area contributed by atoms with Gasteiger partial charge in [-0.2, -0.15) is 15.0 Å². The van der Waals surface area contributed by atoms with E-state index in [0.29, 0.717) is 30.9 Å². The van der Waals surface area contributed by atoms with Gasteiger partial charge in [0.2, 0.25) is 17.8 Å². The van der Waals surface area contributed by atoms with Crippen LogP contribution < -0.4 is 40.2 Å². The summed E-state index contributed by atoms with van der Waals surface area (Å²) < 4.78 is 9.69. The van der Waals surface area contributed by atoms with Crippen molar-refractivity contribution in [1.82, 2.24) is 24.1 Å². The molecule has 3 aromatic heterocycles. The summed E-state index contributed by atoms with van der Waals surface area (Å²) >= 11 is 0. The van der Waals surface area contributed by atoms with Crippen molar-refractivity contribution in [3.8, 4) is 0 Å². The highest BCUT2D eigenvalue weighted by Gasteiger charge is 2.24. The molecule has 2 aliphatic rings. The minimum absolute atomic E-state index is 0.242. The maximum absolute atomic E-state index is 4.95. The predicted octanol–water partition coefficient (Wildman–Crippen LogP) is 10.6. The van der Waals surface area contributed by atoms with Crippen molar-refractivity contribution in [2.75, 3.05) is 64.3 Å². The van der Waals surface area contributed by atoms with Gasteiger partial charge < -0.3 is 31.1 Å². The number of rotatable bonds is 15. The van der Waals surface area contributed by atoms with E-state index in [9.17, 15) is 0 Å². The first kappa shape index (κ1) is 47.2. The molecule has 5 aromatic carbocycles. The highest BCUT2D eigenvalue weighted by atomic mass is 15.4. The number of nitrogens with one attached hydrogen (secondary N) is 4. The molecule has 8 aromatic rings. The van der Waals surface area contributed by atoms with Crippen molar-refractivity contribution in [3.63, 3.8) is 0 Å². The molecule has 73 heavy (non-hydrogen) atoms. The molecule has 0 bridgehead atoms. The van der Waals surface area contributed by atoms with Crippen LogP contribution in [-0.4, -0.2) is 67.7 Å². The Bertz CT molecular complexity index is 3140. The SMILES string of the molecule is CC1C=C[N+](C)=C1N=Nc1ccc(N2CCN(c3nc(Nc4ccc(Nc5ccc(N=Nc6n(C)cc[n+]6C)cc5)cc4)nc(Nc4ccc(Nc5ccc(N=Nc6n(C)cc[n+]6C)cc5)cc4)n3)CC2)cc1. The molecular formula is C53H57N20+3. The standard InChI is InChI=1S/C53H55N20/c1-37-27-28-67(2)48(37)64-61-46-23-25-47(26-24-46)72-33-35-73(36-34-72)51-59-49(56-42-11-7-38(8-12-42)54-40-15-19-44(20-16-40)62-65-52-68(3)29-30-69(52)4)58-50(60-51)57-43-13-9-39(10-14-43)55-41-17-21-45(22-18-41)63-66-53-70(5)31-32-71(53)6/h7-32,37H,33-36H2,1-6H3,(H2,56,57,58,59,60,62,63)/q+1/p+2. The van der Waals surface area contributed by atoms with E-state index in [1.165, 1.54) is 0 Å². The number of nitrogens with zero attached hydrogens (tertiary/aromatic N) is 16. The van der Waals surface area contributed by atoms with Crippen LogP contribution in [0.25, 0.3) is 0 Å². The number of hydrogen-bond acceptors (Lipinski definition) is 15. The lowest BCUT2D eigenvalue weighted by atomic mass is 10.2. The molecule has 0 aliphatic carbocycles. The zero-order valence-corrected chi connectivity index (χ0v) is 41.6. The lowest BCUT2D eigenvalue weighted by Crippen LogP contribution is -2.47. The van der Waals surface area contributed by atoms with Gasteiger partial charge in [0, 0.05) is 76.2 Å². The Kier molecular flexibility index (Phi) is 13.8. The van der Waals surface area contributed by atoms with Gasteiger partial charge in [-0.05, 0) is 139 Å². The van der Waals surface area contributed by atoms with Crippen molar-refractivity contribution in [3.05, 3.63) is 158 Å². The molecule has 366 valence electrons. The second-order valence-electron chi connectivity index (χ2n) is 17.9. The smallest absolute Gasteiger partial charge is 0.368 e. The molecule has 2 aliphatic heterocycles. The summed E-state index contributed by atoms with van der Waals surface area (Å²) in [5.74, 6) is 4.09. The van der Waals surface area contributed by atoms with E-state index in [1.807, 2.05) is 198 Å². The number of hydrogen-bond donors (Lipinski definition) is 4. The van der Waals surface area contributed by atoms with Crippen molar-refractivity contribution in [2.24, 2.45) is 64.8 Å². The number of amidine groups is 1. The Labute approximate surface area is 423 Å². The van der Waals surface area contributed by atoms with Crippen LogP contribution in [0.5, 0.6) is 0 Å². The third-order valence-electron chi connectivity index (χ3n) is 12.4. The summed E-state index contributed by atoms with van der Waals surface area (Å²) in [6, 6.07) is 39.9. The van der Waals surface area contributed by atoms with E-state index in [1.54, 1.807) is 0 Å². The molecule has 1 fully saturated rings. The summed E-state index contributed by atoms with van der Waals surface area (Å²) in [4.78, 5) is 19.3. The van der Waals surface area contributed by atoms with Gasteiger partial charge in [-0.1, -0.05) is 10.2 Å². The summed E-state index contributed by atoms with van der Waals surface area (Å²) in [7, 11) is 9.76. The van der Waals surface area contributed by atoms with Gasteiger partial charge in [0.15, 0.2) is 0 Å². The fraction of sp³-hybridized carbons (Fsp3) is 0.208. The van der Waals surface area contributed by atoms with Gasteiger partial charge in [0.05, 0.1) is 77.3 Å². The minimum atomic E-state index is 0.242. The molecule has 0 saturated carbocycles. The predicted molar refractivity (Wildman–Crippen MR) is 285 cm³/mol. The first-order valence-corrected chi connectivity index (χ1v) is 23.9. The molecule has 0 radical (unpaired) electrons. The van der Waals surface area contributed by atoms with Gasteiger partial charge >= 0.3 is 17.7 Å². The summed E-state index contributed by atoms with van der Waals surface area (Å²) in [5, 5.41) is 40.4. The van der Waals surface area contributed by atoms with Crippen LogP contribution >= 0.6 is 0 Å². The number of piperazine rings is 1. The fourth-order valence-electron chi connectivity index (χ4n) is 8.26. The molecule has 5 heterocycles. The third-order valence-corrected chi connectivity index (χ3v) is 12.4. The van der Waals surface area contributed by atoms with Gasteiger partial charge in [0.1, 0.15) is 17.1 Å². The van der Waals surface area contributed by atoms with E-state index < -0.39 is 0 Å². The van der Waals surface area contributed by atoms with Crippen molar-refractivity contribution in [1.29, 1.82) is 0 Å². The maximum atomic E-state index is 4.95. The van der Waals surface area contributed by atoms with Crippen molar-refractivity contribution < 1.29 is 13.7 Å². The minimum Gasteiger partial charge on any atom is -0.368 e. The molecule has 4 N–H and O–H groups in total. The zero-order valence-electron chi connectivity index (χ0n) is 41.6. The third kappa shape index (κ3) is 11.6. The first-order chi connectivity index (χ1) is 35.5. The molecule has 1 saturated heterocycles. The van der Waals surface area contributed by atoms with Gasteiger partial charge in [-0.15, -0.1) is 0 Å². The lowest BCUT2D eigenvalue weighted by Gasteiger charge is -2.36. The average molecular weight is 974 g/mol. The molecule has 1 atom stereocenters. The Morgan fingerprint density at radius 3 is 1.25 bits per heavy atom. The highest BCUT2D eigenvalue weighted by molar-refractivity contribution is 5.83. The molecule has 10 rings (SSSR count). The summed E-state index contributed by atoms with van der Waals surface area (Å²) in [6.45, 7) is 5.11. The van der Waals surface area contributed by atoms with E-state index >= 15 is 0 Å². The van der Waals surface area contributed by atoms with Crippen LogP contribution in [0.4, 0.5) is 86.6 Å². The molecule has 20 heteroatoms. The maximum Gasteiger partial charge on any atom is 0.421 e. The number of anilines is 10. The molecule has 20 nitrogen and oxygen atoms in total. The van der Waals surface area contributed by atoms with E-state index in [0.717, 1.165) is 87.7 Å². The molecular weight excluding hydrogens is 917 g/mol. The van der Waals surface area contributed by atoms with Crippen LogP contribution in [-0.2, 0) is 28.2 Å². The first-order valence-electron chi connectivity index (χ1n) is 23.9. The highest BCUT2D eigenvalue weighted by Crippen LogP contribution is 2.29. The zero-order chi connectivity index (χ0) is 50.3. The van der Waals surface area contributed by atoms with Crippen LogP contribution in [0.2, 0.25) is 0 Å². The number of azo groups is 3. The Morgan fingerprint density at radius 2 is 0.849 bits per heavy atom. The second kappa shape index (κ2) is 21.3. The van der Waals surface area contributed by atoms with E-state index in [-0.39, 0.29) is 5.92 Å². The Hall–Kier alpha value is -9.46. The summed E-state index contributed by atoms with van der Waals surface area (Å²) in [6.07, 6.45) is 11.9. The molecule has 0 amide bonds. The average Bonchev–Trinajstić information content (AvgIpc) is 4.04. The van der Waals surface area contributed by atoms with Crippen LogP contribution in [0.15, 0.2) is 189 Å². The normalized spacial score (nSPS) is 14.8. The van der Waals surface area contributed by atoms with E-state index in [4.69, 9.17) is 15.0 Å². The second-order valence-corrected chi connectivity index (χ2v) is 17.9. The number of benzene rings is 5. The number of imidazole rings is 2. The Morgan fingerprint density at radius 1 is 0.466 bits per heavy atom. The molecule has 1 unspecified atom stereocenters. The monoisotopic (exact) mass is 974 g/mol. The van der Waals surface area contributed by atoms with Gasteiger partial charge in [-0.25, -0.2) is 22.8 Å². The topological polar surface area (TPSA) is 188 Å². The van der Waals surface area contributed by atoms with E-state index in [2.05, 4.69) is 86.9 Å². The van der Waals surface area contributed by atoms with Crippen molar-refractivity contribution in [2.45, 2.75) is 6.92 Å². The number of aryl methyl sites for hydroxylation is 4. The Balaban J connectivity index is 0.809. The fourth-order valence-corrected chi connectivity index (χ4v) is 8.26. The van der Waals surface area contributed by atoms with Crippen LogP contribution in [0.1, 0.15) is 6.92 Å². The lowest BCUT2D eigenvalue weighted by molar-refractivity contribution is -0.657.